The van der Waals surface area contributed by atoms with Gasteiger partial charge in [-0.25, -0.2) is 0 Å². The minimum absolute atomic E-state index is 0.0342. The summed E-state index contributed by atoms with van der Waals surface area (Å²) < 4.78 is 18.4. The van der Waals surface area contributed by atoms with Gasteiger partial charge in [-0.3, -0.25) is 9.79 Å². The third-order valence-electron chi connectivity index (χ3n) is 12.0. The summed E-state index contributed by atoms with van der Waals surface area (Å²) in [5.41, 5.74) is 10.2. The van der Waals surface area contributed by atoms with Gasteiger partial charge in [-0.1, -0.05) is 61.7 Å². The SMILES string of the molecule is CN=C(N)Nc1cccc(CCCC[C@H]2C=CC(O)=C[C@@H]2C[C@@H]2CC(=O)CCc3ccc(OC)c(c3)OCc3ccc4c(c(O)ccc4c3)C3(C#CO2)CCCC3)c1. The molecule has 1 saturated carbocycles. The zero-order valence-corrected chi connectivity index (χ0v) is 33.6. The number of unbranched alkanes of at least 4 members (excludes halogenated alkanes) is 1. The van der Waals surface area contributed by atoms with Crippen LogP contribution in [0.5, 0.6) is 17.2 Å². The summed E-state index contributed by atoms with van der Waals surface area (Å²) in [5.74, 6) is 5.81. The molecule has 5 N–H and O–H groups in total. The second-order valence-electron chi connectivity index (χ2n) is 16.0. The van der Waals surface area contributed by atoms with Gasteiger partial charge in [0.05, 0.1) is 12.5 Å². The van der Waals surface area contributed by atoms with Crippen molar-refractivity contribution in [3.8, 4) is 29.3 Å². The number of ketones is 1. The molecule has 2 aliphatic heterocycles. The normalized spacial score (nSPS) is 20.7. The smallest absolute Gasteiger partial charge is 0.192 e. The maximum absolute atomic E-state index is 13.8. The highest BCUT2D eigenvalue weighted by atomic mass is 16.5. The van der Waals surface area contributed by atoms with Gasteiger partial charge < -0.3 is 35.5 Å². The number of nitrogens with two attached hydrogens (primary N) is 1. The van der Waals surface area contributed by atoms with E-state index in [0.717, 1.165) is 84.5 Å². The van der Waals surface area contributed by atoms with E-state index in [1.807, 2.05) is 48.5 Å². The van der Waals surface area contributed by atoms with Crippen molar-refractivity contribution in [2.45, 2.75) is 95.2 Å². The molecule has 4 aromatic carbocycles. The first-order chi connectivity index (χ1) is 28.2. The van der Waals surface area contributed by atoms with E-state index in [0.29, 0.717) is 43.3 Å². The molecule has 4 aromatic rings. The Morgan fingerprint density at radius 2 is 1.84 bits per heavy atom. The zero-order chi connectivity index (χ0) is 40.5. The Morgan fingerprint density at radius 3 is 2.67 bits per heavy atom. The van der Waals surface area contributed by atoms with Crippen LogP contribution in [-0.4, -0.2) is 42.2 Å². The summed E-state index contributed by atoms with van der Waals surface area (Å²) in [6.07, 6.45) is 17.5. The van der Waals surface area contributed by atoms with Gasteiger partial charge in [0, 0.05) is 31.1 Å². The molecule has 1 fully saturated rings. The van der Waals surface area contributed by atoms with E-state index in [2.05, 4.69) is 52.7 Å². The van der Waals surface area contributed by atoms with E-state index >= 15 is 0 Å². The number of nitrogens with one attached hydrogen (secondary N) is 1. The van der Waals surface area contributed by atoms with Crippen LogP contribution in [0.3, 0.4) is 0 Å². The predicted octanol–water partition coefficient (Wildman–Crippen LogP) is 9.60. The number of hydrogen-bond acceptors (Lipinski definition) is 7. The van der Waals surface area contributed by atoms with Gasteiger partial charge in [-0.15, -0.1) is 0 Å². The first kappa shape index (κ1) is 40.3. The van der Waals surface area contributed by atoms with Gasteiger partial charge in [0.2, 0.25) is 0 Å². The second-order valence-corrected chi connectivity index (χ2v) is 16.0. The number of anilines is 1. The number of ether oxygens (including phenoxy) is 3. The Hall–Kier alpha value is -5.88. The molecule has 3 atom stereocenters. The highest BCUT2D eigenvalue weighted by Crippen LogP contribution is 2.47. The molecule has 9 heteroatoms. The van der Waals surface area contributed by atoms with Gasteiger partial charge in [0.1, 0.15) is 36.1 Å². The second kappa shape index (κ2) is 18.6. The van der Waals surface area contributed by atoms with Crippen molar-refractivity contribution < 1.29 is 29.2 Å². The van der Waals surface area contributed by atoms with Crippen LogP contribution >= 0.6 is 0 Å². The number of rotatable bonds is 9. The van der Waals surface area contributed by atoms with Crippen molar-refractivity contribution >= 4 is 28.2 Å². The lowest BCUT2D eigenvalue weighted by Crippen LogP contribution is -2.25. The molecule has 0 saturated heterocycles. The zero-order valence-electron chi connectivity index (χ0n) is 33.6. The van der Waals surface area contributed by atoms with E-state index < -0.39 is 11.5 Å². The third kappa shape index (κ3) is 9.79. The van der Waals surface area contributed by atoms with Crippen molar-refractivity contribution in [3.63, 3.8) is 0 Å². The summed E-state index contributed by atoms with van der Waals surface area (Å²) in [6.45, 7) is 0.337. The molecule has 0 unspecified atom stereocenters. The average Bonchev–Trinajstić information content (AvgIpc) is 3.70. The number of carbonyl (C=O) groups is 1. The van der Waals surface area contributed by atoms with Crippen LogP contribution in [0.25, 0.3) is 10.8 Å². The Labute approximate surface area is 342 Å². The van der Waals surface area contributed by atoms with Crippen LogP contribution in [0.4, 0.5) is 5.69 Å². The van der Waals surface area contributed by atoms with E-state index in [9.17, 15) is 15.0 Å². The molecule has 58 heavy (non-hydrogen) atoms. The lowest BCUT2D eigenvalue weighted by atomic mass is 9.76. The monoisotopic (exact) mass is 781 g/mol. The standard InChI is InChI=1S/C49H55N3O6/c1-51-48(50)52-39-11-7-9-33(27-39)8-3-4-10-36-15-18-40(53)29-38(36)30-42-31-41(54)17-12-34-14-21-45(56-2)46(28-34)58-32-35-13-19-43-37(26-35)16-20-44(55)47(43)49(24-25-57-42)22-5-6-23-49/h7,9,11,13-16,18-21,26-29,36,38,42,53,55H,3-6,8,10,12,17,22-23,30-32H2,1-2H3,(H3,50,51,52)/t36-,38+,42+/m0/s1. The van der Waals surface area contributed by atoms with Crippen molar-refractivity contribution in [3.05, 3.63) is 119 Å². The molecular weight excluding hydrogens is 727 g/mol. The van der Waals surface area contributed by atoms with Crippen LogP contribution in [0.2, 0.25) is 0 Å². The number of aliphatic hydroxyl groups excluding tert-OH is 1. The number of Topliss-reactive ketones (excluding diaryl/α,β-unsaturated/α-hetero) is 1. The van der Waals surface area contributed by atoms with E-state index in [1.54, 1.807) is 26.3 Å². The van der Waals surface area contributed by atoms with Gasteiger partial charge in [0.15, 0.2) is 17.5 Å². The van der Waals surface area contributed by atoms with Crippen molar-refractivity contribution in [1.82, 2.24) is 0 Å². The van der Waals surface area contributed by atoms with Crippen molar-refractivity contribution in [1.29, 1.82) is 0 Å². The Bertz CT molecular complexity index is 2260. The molecule has 302 valence electrons. The van der Waals surface area contributed by atoms with Crippen molar-refractivity contribution in [2.75, 3.05) is 19.5 Å². The van der Waals surface area contributed by atoms with Gasteiger partial charge in [-0.05, 0) is 139 Å². The lowest BCUT2D eigenvalue weighted by Gasteiger charge is -2.28. The summed E-state index contributed by atoms with van der Waals surface area (Å²) in [5, 5.41) is 27.2. The maximum atomic E-state index is 13.8. The van der Waals surface area contributed by atoms with E-state index in [1.165, 1.54) is 5.56 Å². The number of fused-ring (bicyclic) bond motifs is 8. The number of nitrogens with zero attached hydrogens (tertiary/aromatic N) is 1. The van der Waals surface area contributed by atoms with Crippen LogP contribution < -0.4 is 20.5 Å². The highest BCUT2D eigenvalue weighted by molar-refractivity contribution is 5.92. The average molecular weight is 782 g/mol. The minimum atomic E-state index is -0.592. The fourth-order valence-corrected chi connectivity index (χ4v) is 8.89. The van der Waals surface area contributed by atoms with E-state index in [-0.39, 0.29) is 35.5 Å². The van der Waals surface area contributed by atoms with Crippen LogP contribution in [0, 0.1) is 23.9 Å². The Morgan fingerprint density at radius 1 is 1.00 bits per heavy atom. The molecule has 4 aliphatic rings. The molecule has 2 aliphatic carbocycles. The number of phenols is 1. The highest BCUT2D eigenvalue weighted by Gasteiger charge is 2.38. The molecule has 6 bridgehead atoms. The number of phenolic OH excluding ortho intramolecular Hbond substituents is 1. The first-order valence-corrected chi connectivity index (χ1v) is 20.6. The molecule has 2 heterocycles. The van der Waals surface area contributed by atoms with Crippen LogP contribution in [-0.2, 0) is 34.4 Å². The molecule has 0 aromatic heterocycles. The third-order valence-corrected chi connectivity index (χ3v) is 12.0. The van der Waals surface area contributed by atoms with Gasteiger partial charge in [0.25, 0.3) is 0 Å². The fraction of sp³-hybridized carbons (Fsp3) is 0.388. The summed E-state index contributed by atoms with van der Waals surface area (Å²) in [6, 6.07) is 24.0. The number of allylic oxidation sites excluding steroid dienone is 3. The fourth-order valence-electron chi connectivity index (χ4n) is 8.89. The number of benzene rings is 4. The largest absolute Gasteiger partial charge is 0.508 e. The lowest BCUT2D eigenvalue weighted by molar-refractivity contribution is -0.121. The van der Waals surface area contributed by atoms with Crippen LogP contribution in [0.15, 0.2) is 102 Å². The number of aromatic hydroxyl groups is 1. The molecule has 0 radical (unpaired) electrons. The van der Waals surface area contributed by atoms with E-state index in [4.69, 9.17) is 19.9 Å². The van der Waals surface area contributed by atoms with Crippen LogP contribution in [0.1, 0.15) is 86.5 Å². The summed E-state index contributed by atoms with van der Waals surface area (Å²) in [7, 11) is 3.28. The number of methoxy groups -OCH3 is 1. The quantitative estimate of drug-likeness (QED) is 0.0571. The first-order valence-electron chi connectivity index (χ1n) is 20.6. The Kier molecular flexibility index (Phi) is 12.9. The Balaban J connectivity index is 1.13. The number of guanidine groups is 1. The molecular formula is C49H55N3O6. The number of hydrogen-bond donors (Lipinski definition) is 4. The summed E-state index contributed by atoms with van der Waals surface area (Å²) >= 11 is 0. The maximum Gasteiger partial charge on any atom is 0.192 e. The number of carbonyl (C=O) groups excluding carboxylic acids is 1. The van der Waals surface area contributed by atoms with Gasteiger partial charge in [-0.2, -0.15) is 0 Å². The molecule has 9 nitrogen and oxygen atoms in total. The molecule has 1 spiro atoms. The molecule has 8 rings (SSSR count). The number of aryl methyl sites for hydroxylation is 2. The van der Waals surface area contributed by atoms with Gasteiger partial charge >= 0.3 is 0 Å². The van der Waals surface area contributed by atoms with Crippen molar-refractivity contribution in [2.24, 2.45) is 22.6 Å². The number of aliphatic hydroxyl groups is 1. The number of aliphatic imine (C=N–C) groups is 1. The summed E-state index contributed by atoms with van der Waals surface area (Å²) in [4.78, 5) is 17.8. The topological polar surface area (TPSA) is 136 Å². The minimum Gasteiger partial charge on any atom is -0.508 e. The molecule has 0 amide bonds. The predicted molar refractivity (Wildman–Crippen MR) is 230 cm³/mol.